The molecule has 1 heterocycles. The first-order valence-electron chi connectivity index (χ1n) is 6.90. The van der Waals surface area contributed by atoms with Crippen molar-refractivity contribution in [2.24, 2.45) is 0 Å². The Labute approximate surface area is 113 Å². The van der Waals surface area contributed by atoms with Crippen molar-refractivity contribution in [2.45, 2.75) is 32.7 Å². The van der Waals surface area contributed by atoms with E-state index in [1.54, 1.807) is 17.9 Å². The fourth-order valence-electron chi connectivity index (χ4n) is 2.58. The zero-order valence-corrected chi connectivity index (χ0v) is 11.6. The minimum atomic E-state index is -0.349. The number of nitrogens with zero attached hydrogens (tertiary/aromatic N) is 1. The molecule has 1 aliphatic heterocycles. The van der Waals surface area contributed by atoms with Crippen molar-refractivity contribution in [3.05, 3.63) is 35.1 Å². The van der Waals surface area contributed by atoms with E-state index < -0.39 is 0 Å². The Morgan fingerprint density at radius 3 is 2.84 bits per heavy atom. The lowest BCUT2D eigenvalue weighted by atomic mass is 10.1. The number of hydrogen-bond acceptors (Lipinski definition) is 2. The number of amides is 1. The molecule has 1 aromatic rings. The van der Waals surface area contributed by atoms with Gasteiger partial charge in [0.25, 0.3) is 5.91 Å². The smallest absolute Gasteiger partial charge is 0.254 e. The standard InChI is InChI=1S/C15H21FN2O/c1-3-18(10-14-5-4-6-17-14)15(19)12-7-11(2)8-13(16)9-12/h7-9,14,17H,3-6,10H2,1-2H3. The number of nitrogens with one attached hydrogen (secondary N) is 1. The Bertz CT molecular complexity index is 435. The highest BCUT2D eigenvalue weighted by Crippen LogP contribution is 2.13. The van der Waals surface area contributed by atoms with Crippen LogP contribution in [0.2, 0.25) is 0 Å². The predicted molar refractivity (Wildman–Crippen MR) is 73.7 cm³/mol. The summed E-state index contributed by atoms with van der Waals surface area (Å²) in [6.45, 7) is 6.13. The zero-order valence-electron chi connectivity index (χ0n) is 11.6. The molecule has 104 valence electrons. The van der Waals surface area contributed by atoms with E-state index in [4.69, 9.17) is 0 Å². The number of carbonyl (C=O) groups excluding carboxylic acids is 1. The average molecular weight is 264 g/mol. The summed E-state index contributed by atoms with van der Waals surface area (Å²) in [5.74, 6) is -0.433. The molecule has 2 rings (SSSR count). The molecule has 0 aliphatic carbocycles. The second-order valence-corrected chi connectivity index (χ2v) is 5.15. The summed E-state index contributed by atoms with van der Waals surface area (Å²) in [7, 11) is 0. The molecule has 0 saturated carbocycles. The van der Waals surface area contributed by atoms with Crippen LogP contribution in [0.1, 0.15) is 35.7 Å². The van der Waals surface area contributed by atoms with Crippen LogP contribution in [0, 0.1) is 12.7 Å². The summed E-state index contributed by atoms with van der Waals surface area (Å²) >= 11 is 0. The van der Waals surface area contributed by atoms with Crippen LogP contribution in [0.25, 0.3) is 0 Å². The average Bonchev–Trinajstić information content (AvgIpc) is 2.86. The first-order chi connectivity index (χ1) is 9.10. The zero-order chi connectivity index (χ0) is 13.8. The number of hydrogen-bond donors (Lipinski definition) is 1. The van der Waals surface area contributed by atoms with Crippen LogP contribution in [0.4, 0.5) is 4.39 Å². The van der Waals surface area contributed by atoms with E-state index in [1.165, 1.54) is 12.1 Å². The Morgan fingerprint density at radius 2 is 2.26 bits per heavy atom. The number of carbonyl (C=O) groups is 1. The number of benzene rings is 1. The molecule has 1 aromatic carbocycles. The summed E-state index contributed by atoms with van der Waals surface area (Å²) < 4.78 is 13.4. The van der Waals surface area contributed by atoms with Crippen molar-refractivity contribution in [1.82, 2.24) is 10.2 Å². The maximum atomic E-state index is 13.4. The number of aryl methyl sites for hydroxylation is 1. The minimum absolute atomic E-state index is 0.0844. The highest BCUT2D eigenvalue weighted by molar-refractivity contribution is 5.94. The molecule has 0 radical (unpaired) electrons. The van der Waals surface area contributed by atoms with Crippen molar-refractivity contribution in [3.63, 3.8) is 0 Å². The van der Waals surface area contributed by atoms with Crippen LogP contribution < -0.4 is 5.32 Å². The van der Waals surface area contributed by atoms with Gasteiger partial charge in [0.05, 0.1) is 0 Å². The molecule has 1 unspecified atom stereocenters. The van der Waals surface area contributed by atoms with Gasteiger partial charge >= 0.3 is 0 Å². The van der Waals surface area contributed by atoms with Gasteiger partial charge in [-0.1, -0.05) is 0 Å². The molecule has 1 amide bonds. The summed E-state index contributed by atoms with van der Waals surface area (Å²) in [4.78, 5) is 14.2. The van der Waals surface area contributed by atoms with Gasteiger partial charge in [0.1, 0.15) is 5.82 Å². The first-order valence-corrected chi connectivity index (χ1v) is 6.90. The quantitative estimate of drug-likeness (QED) is 0.905. The predicted octanol–water partition coefficient (Wildman–Crippen LogP) is 2.35. The van der Waals surface area contributed by atoms with Crippen molar-refractivity contribution in [2.75, 3.05) is 19.6 Å². The summed E-state index contributed by atoms with van der Waals surface area (Å²) in [6, 6.07) is 4.88. The normalized spacial score (nSPS) is 18.6. The van der Waals surface area contributed by atoms with Gasteiger partial charge in [-0.15, -0.1) is 0 Å². The van der Waals surface area contributed by atoms with Crippen LogP contribution >= 0.6 is 0 Å². The third-order valence-electron chi connectivity index (χ3n) is 3.56. The molecule has 0 aromatic heterocycles. The Hall–Kier alpha value is -1.42. The van der Waals surface area contributed by atoms with Crippen LogP contribution in [0.3, 0.4) is 0 Å². The lowest BCUT2D eigenvalue weighted by molar-refractivity contribution is 0.0750. The van der Waals surface area contributed by atoms with Gasteiger partial charge in [-0.25, -0.2) is 4.39 Å². The van der Waals surface area contributed by atoms with Crippen molar-refractivity contribution < 1.29 is 9.18 Å². The summed E-state index contributed by atoms with van der Waals surface area (Å²) in [6.07, 6.45) is 2.27. The number of rotatable bonds is 4. The van der Waals surface area contributed by atoms with Gasteiger partial charge in [0, 0.05) is 24.7 Å². The molecular formula is C15H21FN2O. The van der Waals surface area contributed by atoms with E-state index in [1.807, 2.05) is 6.92 Å². The van der Waals surface area contributed by atoms with Crippen LogP contribution in [0.5, 0.6) is 0 Å². The van der Waals surface area contributed by atoms with Crippen LogP contribution in [-0.2, 0) is 0 Å². The summed E-state index contributed by atoms with van der Waals surface area (Å²) in [5.41, 5.74) is 1.22. The van der Waals surface area contributed by atoms with Gasteiger partial charge in [-0.2, -0.15) is 0 Å². The lowest BCUT2D eigenvalue weighted by Gasteiger charge is -2.24. The monoisotopic (exact) mass is 264 g/mol. The summed E-state index contributed by atoms with van der Waals surface area (Å²) in [5, 5.41) is 3.38. The Balaban J connectivity index is 2.10. The second kappa shape index (κ2) is 6.15. The topological polar surface area (TPSA) is 32.3 Å². The van der Waals surface area contributed by atoms with Gasteiger partial charge in [0.15, 0.2) is 0 Å². The van der Waals surface area contributed by atoms with E-state index >= 15 is 0 Å². The Morgan fingerprint density at radius 1 is 1.47 bits per heavy atom. The molecule has 3 nitrogen and oxygen atoms in total. The minimum Gasteiger partial charge on any atom is -0.337 e. The van der Waals surface area contributed by atoms with E-state index in [0.717, 1.165) is 24.9 Å². The first kappa shape index (κ1) is 14.0. The van der Waals surface area contributed by atoms with Crippen molar-refractivity contribution in [3.8, 4) is 0 Å². The number of halogens is 1. The highest BCUT2D eigenvalue weighted by atomic mass is 19.1. The highest BCUT2D eigenvalue weighted by Gasteiger charge is 2.21. The molecule has 19 heavy (non-hydrogen) atoms. The molecule has 1 atom stereocenters. The molecule has 1 fully saturated rings. The van der Waals surface area contributed by atoms with Crippen molar-refractivity contribution in [1.29, 1.82) is 0 Å². The van der Waals surface area contributed by atoms with Crippen LogP contribution in [-0.4, -0.2) is 36.5 Å². The molecule has 1 N–H and O–H groups in total. The van der Waals surface area contributed by atoms with E-state index in [2.05, 4.69) is 5.32 Å². The van der Waals surface area contributed by atoms with E-state index in [-0.39, 0.29) is 11.7 Å². The lowest BCUT2D eigenvalue weighted by Crippen LogP contribution is -2.41. The second-order valence-electron chi connectivity index (χ2n) is 5.15. The maximum Gasteiger partial charge on any atom is 0.254 e. The third-order valence-corrected chi connectivity index (χ3v) is 3.56. The van der Waals surface area contributed by atoms with Gasteiger partial charge in [-0.3, -0.25) is 4.79 Å². The molecule has 0 bridgehead atoms. The number of likely N-dealkylation sites (N-methyl/N-ethyl adjacent to an activating group) is 1. The molecular weight excluding hydrogens is 243 g/mol. The fraction of sp³-hybridized carbons (Fsp3) is 0.533. The molecule has 1 saturated heterocycles. The third kappa shape index (κ3) is 3.53. The van der Waals surface area contributed by atoms with Crippen LogP contribution in [0.15, 0.2) is 18.2 Å². The SMILES string of the molecule is CCN(CC1CCCN1)C(=O)c1cc(C)cc(F)c1. The van der Waals surface area contributed by atoms with Gasteiger partial charge in [-0.05, 0) is 57.0 Å². The van der Waals surface area contributed by atoms with E-state index in [0.29, 0.717) is 24.7 Å². The maximum absolute atomic E-state index is 13.4. The van der Waals surface area contributed by atoms with E-state index in [9.17, 15) is 9.18 Å². The van der Waals surface area contributed by atoms with Gasteiger partial charge < -0.3 is 10.2 Å². The Kier molecular flexibility index (Phi) is 4.53. The molecule has 1 aliphatic rings. The largest absolute Gasteiger partial charge is 0.337 e. The van der Waals surface area contributed by atoms with Gasteiger partial charge in [0.2, 0.25) is 0 Å². The van der Waals surface area contributed by atoms with Crippen molar-refractivity contribution >= 4 is 5.91 Å². The fourth-order valence-corrected chi connectivity index (χ4v) is 2.58. The molecule has 0 spiro atoms. The molecule has 4 heteroatoms.